The molecule has 1 N–H and O–H groups in total. The molecule has 1 atom stereocenters. The maximum Gasteiger partial charge on any atom is 0.255 e. The van der Waals surface area contributed by atoms with Crippen molar-refractivity contribution in [2.24, 2.45) is 0 Å². The summed E-state index contributed by atoms with van der Waals surface area (Å²) in [4.78, 5) is 20.8. The summed E-state index contributed by atoms with van der Waals surface area (Å²) in [5, 5.41) is 11.5. The summed E-state index contributed by atoms with van der Waals surface area (Å²) in [5.74, 6) is 1.54. The molecule has 0 radical (unpaired) electrons. The largest absolute Gasteiger partial charge is 0.373 e. The van der Waals surface area contributed by atoms with Gasteiger partial charge in [0.1, 0.15) is 5.82 Å². The van der Waals surface area contributed by atoms with Gasteiger partial charge in [0, 0.05) is 33.9 Å². The van der Waals surface area contributed by atoms with Gasteiger partial charge in [-0.25, -0.2) is 4.98 Å². The SMILES string of the molecule is CNc1ccc(C(=O)N2CCCC2c2ccc(N(C)C)nn2)cn1. The monoisotopic (exact) mass is 326 g/mol. The van der Waals surface area contributed by atoms with E-state index in [1.165, 1.54) is 0 Å². The van der Waals surface area contributed by atoms with Crippen molar-refractivity contribution >= 4 is 17.5 Å². The Bertz CT molecular complexity index is 698. The zero-order chi connectivity index (χ0) is 17.1. The number of rotatable bonds is 4. The van der Waals surface area contributed by atoms with Gasteiger partial charge in [-0.3, -0.25) is 4.79 Å². The van der Waals surface area contributed by atoms with E-state index in [4.69, 9.17) is 0 Å². The first-order valence-electron chi connectivity index (χ1n) is 8.06. The number of aromatic nitrogens is 3. The predicted octanol–water partition coefficient (Wildman–Crippen LogP) is 1.96. The number of carbonyl (C=O) groups is 1. The van der Waals surface area contributed by atoms with Crippen LogP contribution in [-0.2, 0) is 0 Å². The van der Waals surface area contributed by atoms with E-state index in [0.29, 0.717) is 5.56 Å². The highest BCUT2D eigenvalue weighted by Gasteiger charge is 2.32. The molecule has 3 rings (SSSR count). The minimum atomic E-state index is -0.0230. The molecular weight excluding hydrogens is 304 g/mol. The third kappa shape index (κ3) is 3.15. The second kappa shape index (κ2) is 6.82. The molecule has 3 heterocycles. The zero-order valence-electron chi connectivity index (χ0n) is 14.2. The van der Waals surface area contributed by atoms with Crippen LogP contribution in [-0.4, -0.2) is 53.7 Å². The molecule has 7 heteroatoms. The highest BCUT2D eigenvalue weighted by atomic mass is 16.2. The van der Waals surface area contributed by atoms with E-state index >= 15 is 0 Å². The summed E-state index contributed by atoms with van der Waals surface area (Å²) < 4.78 is 0. The molecule has 0 aromatic carbocycles. The fraction of sp³-hybridized carbons (Fsp3) is 0.412. The molecule has 0 bridgehead atoms. The Balaban J connectivity index is 1.80. The lowest BCUT2D eigenvalue weighted by atomic mass is 10.1. The molecule has 0 spiro atoms. The molecule has 1 amide bonds. The Morgan fingerprint density at radius 3 is 2.67 bits per heavy atom. The van der Waals surface area contributed by atoms with E-state index in [-0.39, 0.29) is 11.9 Å². The number of pyridine rings is 1. The molecule has 0 aliphatic carbocycles. The number of nitrogens with one attached hydrogen (secondary N) is 1. The van der Waals surface area contributed by atoms with Gasteiger partial charge in [0.05, 0.1) is 17.3 Å². The van der Waals surface area contributed by atoms with E-state index < -0.39 is 0 Å². The van der Waals surface area contributed by atoms with Crippen molar-refractivity contribution in [2.45, 2.75) is 18.9 Å². The van der Waals surface area contributed by atoms with Crippen molar-refractivity contribution in [3.05, 3.63) is 41.7 Å². The predicted molar refractivity (Wildman–Crippen MR) is 93.2 cm³/mol. The Hall–Kier alpha value is -2.70. The summed E-state index contributed by atoms with van der Waals surface area (Å²) in [5.41, 5.74) is 1.44. The molecule has 2 aromatic rings. The van der Waals surface area contributed by atoms with Crippen LogP contribution in [0.1, 0.15) is 34.9 Å². The third-order valence-electron chi connectivity index (χ3n) is 4.25. The molecule has 1 saturated heterocycles. The summed E-state index contributed by atoms with van der Waals surface area (Å²) in [6, 6.07) is 7.49. The van der Waals surface area contributed by atoms with Gasteiger partial charge in [0.25, 0.3) is 5.91 Å². The lowest BCUT2D eigenvalue weighted by Gasteiger charge is -2.24. The number of carbonyl (C=O) groups excluding carboxylic acids is 1. The molecule has 1 aliphatic rings. The number of hydrogen-bond acceptors (Lipinski definition) is 6. The lowest BCUT2D eigenvalue weighted by Crippen LogP contribution is -2.31. The second-order valence-corrected chi connectivity index (χ2v) is 6.05. The van der Waals surface area contributed by atoms with Crippen LogP contribution in [0.2, 0.25) is 0 Å². The first-order chi connectivity index (χ1) is 11.6. The van der Waals surface area contributed by atoms with Gasteiger partial charge in [-0.1, -0.05) is 0 Å². The van der Waals surface area contributed by atoms with Crippen LogP contribution in [0.4, 0.5) is 11.6 Å². The van der Waals surface area contributed by atoms with Crippen LogP contribution in [0.3, 0.4) is 0 Å². The summed E-state index contributed by atoms with van der Waals surface area (Å²) in [6.45, 7) is 0.731. The summed E-state index contributed by atoms with van der Waals surface area (Å²) in [6.07, 6.45) is 3.49. The molecule has 7 nitrogen and oxygen atoms in total. The summed E-state index contributed by atoms with van der Waals surface area (Å²) in [7, 11) is 5.66. The molecular formula is C17H22N6O. The van der Waals surface area contributed by atoms with Crippen molar-refractivity contribution < 1.29 is 4.79 Å². The van der Waals surface area contributed by atoms with Gasteiger partial charge < -0.3 is 15.1 Å². The normalized spacial score (nSPS) is 17.0. The molecule has 24 heavy (non-hydrogen) atoms. The number of hydrogen-bond donors (Lipinski definition) is 1. The van der Waals surface area contributed by atoms with Crippen molar-refractivity contribution in [3.8, 4) is 0 Å². The van der Waals surface area contributed by atoms with Crippen molar-refractivity contribution in [1.82, 2.24) is 20.1 Å². The van der Waals surface area contributed by atoms with Crippen molar-refractivity contribution in [2.75, 3.05) is 37.9 Å². The smallest absolute Gasteiger partial charge is 0.255 e. The molecule has 126 valence electrons. The molecule has 2 aromatic heterocycles. The maximum atomic E-state index is 12.8. The topological polar surface area (TPSA) is 74.2 Å². The van der Waals surface area contributed by atoms with Crippen LogP contribution < -0.4 is 10.2 Å². The van der Waals surface area contributed by atoms with E-state index in [0.717, 1.165) is 36.7 Å². The first kappa shape index (κ1) is 16.2. The fourth-order valence-electron chi connectivity index (χ4n) is 2.90. The van der Waals surface area contributed by atoms with Crippen LogP contribution in [0.15, 0.2) is 30.5 Å². The van der Waals surface area contributed by atoms with Crippen LogP contribution in [0.25, 0.3) is 0 Å². The lowest BCUT2D eigenvalue weighted by molar-refractivity contribution is 0.0732. The van der Waals surface area contributed by atoms with Crippen molar-refractivity contribution in [1.29, 1.82) is 0 Å². The van der Waals surface area contributed by atoms with Gasteiger partial charge in [-0.05, 0) is 37.1 Å². The quantitative estimate of drug-likeness (QED) is 0.926. The van der Waals surface area contributed by atoms with Gasteiger partial charge >= 0.3 is 0 Å². The standard InChI is InChI=1S/C17H22N6O/c1-18-15-8-6-12(11-19-15)17(24)23-10-4-5-14(23)13-7-9-16(21-20-13)22(2)3/h6-9,11,14H,4-5,10H2,1-3H3,(H,18,19). The highest BCUT2D eigenvalue weighted by Crippen LogP contribution is 2.32. The zero-order valence-corrected chi connectivity index (χ0v) is 14.2. The van der Waals surface area contributed by atoms with E-state index in [2.05, 4.69) is 20.5 Å². The molecule has 1 fully saturated rings. The summed E-state index contributed by atoms with van der Waals surface area (Å²) >= 11 is 0. The van der Waals surface area contributed by atoms with Gasteiger partial charge in [-0.2, -0.15) is 5.10 Å². The minimum absolute atomic E-state index is 0.00820. The van der Waals surface area contributed by atoms with Gasteiger partial charge in [0.15, 0.2) is 5.82 Å². The number of amides is 1. The minimum Gasteiger partial charge on any atom is -0.373 e. The van der Waals surface area contributed by atoms with Crippen LogP contribution >= 0.6 is 0 Å². The van der Waals surface area contributed by atoms with Crippen LogP contribution in [0.5, 0.6) is 0 Å². The van der Waals surface area contributed by atoms with E-state index in [9.17, 15) is 4.79 Å². The number of anilines is 2. The number of nitrogens with zero attached hydrogens (tertiary/aromatic N) is 5. The Labute approximate surface area is 141 Å². The highest BCUT2D eigenvalue weighted by molar-refractivity contribution is 5.94. The third-order valence-corrected chi connectivity index (χ3v) is 4.25. The Morgan fingerprint density at radius 2 is 2.08 bits per heavy atom. The molecule has 1 unspecified atom stereocenters. The Kier molecular flexibility index (Phi) is 4.59. The Morgan fingerprint density at radius 1 is 1.25 bits per heavy atom. The number of likely N-dealkylation sites (tertiary alicyclic amines) is 1. The fourth-order valence-corrected chi connectivity index (χ4v) is 2.90. The maximum absolute atomic E-state index is 12.8. The second-order valence-electron chi connectivity index (χ2n) is 6.05. The average molecular weight is 326 g/mol. The van der Waals surface area contributed by atoms with Crippen molar-refractivity contribution in [3.63, 3.8) is 0 Å². The van der Waals surface area contributed by atoms with Gasteiger partial charge in [0.2, 0.25) is 0 Å². The van der Waals surface area contributed by atoms with E-state index in [1.54, 1.807) is 19.3 Å². The van der Waals surface area contributed by atoms with Gasteiger partial charge in [-0.15, -0.1) is 5.10 Å². The van der Waals surface area contributed by atoms with Crippen LogP contribution in [0, 0.1) is 0 Å². The van der Waals surface area contributed by atoms with E-state index in [1.807, 2.05) is 42.1 Å². The molecule has 0 saturated carbocycles. The molecule has 1 aliphatic heterocycles. The average Bonchev–Trinajstić information content (AvgIpc) is 3.11. The first-order valence-corrected chi connectivity index (χ1v) is 8.06.